The van der Waals surface area contributed by atoms with E-state index in [9.17, 15) is 9.59 Å². The normalized spacial score (nSPS) is 14.2. The fraction of sp³-hybridized carbons (Fsp3) is 0.688. The van der Waals surface area contributed by atoms with Crippen molar-refractivity contribution >= 4 is 12.0 Å². The van der Waals surface area contributed by atoms with Gasteiger partial charge >= 0.3 is 12.0 Å². The lowest BCUT2D eigenvalue weighted by molar-refractivity contribution is -0.141. The molecule has 0 aliphatic carbocycles. The van der Waals surface area contributed by atoms with E-state index in [0.717, 1.165) is 11.3 Å². The topological polar surface area (TPSA) is 87.5 Å². The molecule has 1 heterocycles. The number of urea groups is 1. The number of nitrogens with one attached hydrogen (secondary N) is 1. The van der Waals surface area contributed by atoms with Gasteiger partial charge in [-0.15, -0.1) is 0 Å². The molecule has 1 aromatic rings. The molecule has 0 saturated carbocycles. The van der Waals surface area contributed by atoms with Crippen LogP contribution in [0.5, 0.6) is 0 Å². The summed E-state index contributed by atoms with van der Waals surface area (Å²) in [7, 11) is 1.59. The summed E-state index contributed by atoms with van der Waals surface area (Å²) in [5, 5.41) is 16.3. The Morgan fingerprint density at radius 2 is 1.96 bits per heavy atom. The standard InChI is InChI=1S/C16H28N4O3/c1-10(14(21)22)8-19(7)15(23)17-11(2)13-9-20(16(4,5)6)18-12(13)3/h9-11H,8H2,1-7H3,(H,17,23)(H,21,22). The Labute approximate surface area is 137 Å². The molecule has 0 spiro atoms. The van der Waals surface area contributed by atoms with Gasteiger partial charge < -0.3 is 15.3 Å². The number of hydrogen-bond acceptors (Lipinski definition) is 3. The predicted octanol–water partition coefficient (Wildman–Crippen LogP) is 2.37. The number of carbonyl (C=O) groups is 2. The van der Waals surface area contributed by atoms with Gasteiger partial charge in [0, 0.05) is 25.4 Å². The maximum atomic E-state index is 12.2. The fourth-order valence-corrected chi connectivity index (χ4v) is 2.19. The minimum absolute atomic E-state index is 0.125. The average Bonchev–Trinajstić information content (AvgIpc) is 2.80. The molecule has 1 rings (SSSR count). The molecule has 1 aromatic heterocycles. The zero-order chi connectivity index (χ0) is 17.9. The summed E-state index contributed by atoms with van der Waals surface area (Å²) in [4.78, 5) is 24.5. The summed E-state index contributed by atoms with van der Waals surface area (Å²) in [5.74, 6) is -1.52. The van der Waals surface area contributed by atoms with Crippen LogP contribution in [0.15, 0.2) is 6.20 Å². The van der Waals surface area contributed by atoms with E-state index in [1.807, 2.05) is 24.7 Å². The summed E-state index contributed by atoms with van der Waals surface area (Å²) in [6, 6.07) is -0.505. The summed E-state index contributed by atoms with van der Waals surface area (Å²) in [5.41, 5.74) is 1.70. The molecule has 2 amide bonds. The van der Waals surface area contributed by atoms with Crippen LogP contribution in [0.2, 0.25) is 0 Å². The van der Waals surface area contributed by atoms with Gasteiger partial charge in [-0.05, 0) is 34.6 Å². The van der Waals surface area contributed by atoms with Crippen molar-refractivity contribution in [1.29, 1.82) is 0 Å². The number of aryl methyl sites for hydroxylation is 1. The van der Waals surface area contributed by atoms with Gasteiger partial charge in [0.05, 0.1) is 23.2 Å². The third-order valence-electron chi connectivity index (χ3n) is 3.75. The highest BCUT2D eigenvalue weighted by molar-refractivity contribution is 5.76. The molecule has 0 aliphatic heterocycles. The lowest BCUT2D eigenvalue weighted by Gasteiger charge is -2.23. The van der Waals surface area contributed by atoms with E-state index in [0.29, 0.717) is 0 Å². The third-order valence-corrected chi connectivity index (χ3v) is 3.75. The lowest BCUT2D eigenvalue weighted by Crippen LogP contribution is -2.41. The molecule has 0 saturated heterocycles. The maximum absolute atomic E-state index is 12.2. The molecule has 0 bridgehead atoms. The van der Waals surface area contributed by atoms with Crippen LogP contribution in [0, 0.1) is 12.8 Å². The van der Waals surface area contributed by atoms with Crippen LogP contribution < -0.4 is 5.32 Å². The first kappa shape index (κ1) is 19.0. The quantitative estimate of drug-likeness (QED) is 0.870. The van der Waals surface area contributed by atoms with Gasteiger partial charge in [0.1, 0.15) is 0 Å². The van der Waals surface area contributed by atoms with E-state index in [4.69, 9.17) is 5.11 Å². The third kappa shape index (κ3) is 4.97. The SMILES string of the molecule is Cc1nn(C(C)(C)C)cc1C(C)NC(=O)N(C)CC(C)C(=O)O. The van der Waals surface area contributed by atoms with Gasteiger partial charge in [0.15, 0.2) is 0 Å². The molecule has 0 aromatic carbocycles. The first-order valence-corrected chi connectivity index (χ1v) is 7.74. The summed E-state index contributed by atoms with van der Waals surface area (Å²) in [6.45, 7) is 11.7. The van der Waals surface area contributed by atoms with Gasteiger partial charge in [-0.25, -0.2) is 4.79 Å². The summed E-state index contributed by atoms with van der Waals surface area (Å²) in [6.07, 6.45) is 1.94. The number of amides is 2. The number of hydrogen-bond donors (Lipinski definition) is 2. The zero-order valence-corrected chi connectivity index (χ0v) is 15.0. The minimum Gasteiger partial charge on any atom is -0.481 e. The molecule has 2 atom stereocenters. The molecular formula is C16H28N4O3. The average molecular weight is 324 g/mol. The lowest BCUT2D eigenvalue weighted by atomic mass is 10.1. The van der Waals surface area contributed by atoms with Gasteiger partial charge in [-0.2, -0.15) is 5.10 Å². The van der Waals surface area contributed by atoms with Gasteiger partial charge in [-0.3, -0.25) is 9.48 Å². The van der Waals surface area contributed by atoms with E-state index in [2.05, 4.69) is 31.2 Å². The van der Waals surface area contributed by atoms with Crippen molar-refractivity contribution in [3.05, 3.63) is 17.5 Å². The smallest absolute Gasteiger partial charge is 0.317 e. The van der Waals surface area contributed by atoms with Gasteiger partial charge in [0.2, 0.25) is 0 Å². The number of aromatic nitrogens is 2. The Morgan fingerprint density at radius 3 is 2.39 bits per heavy atom. The minimum atomic E-state index is -0.917. The number of carboxylic acid groups (broad SMARTS) is 1. The van der Waals surface area contributed by atoms with Crippen molar-refractivity contribution in [1.82, 2.24) is 20.0 Å². The van der Waals surface area contributed by atoms with Crippen molar-refractivity contribution in [2.24, 2.45) is 5.92 Å². The van der Waals surface area contributed by atoms with Crippen LogP contribution in [-0.4, -0.2) is 45.4 Å². The Hall–Kier alpha value is -2.05. The zero-order valence-electron chi connectivity index (χ0n) is 15.0. The monoisotopic (exact) mass is 324 g/mol. The molecule has 130 valence electrons. The fourth-order valence-electron chi connectivity index (χ4n) is 2.19. The van der Waals surface area contributed by atoms with Crippen LogP contribution in [-0.2, 0) is 10.3 Å². The van der Waals surface area contributed by atoms with Gasteiger partial charge in [-0.1, -0.05) is 6.92 Å². The molecule has 2 unspecified atom stereocenters. The molecule has 7 heteroatoms. The summed E-state index contributed by atoms with van der Waals surface area (Å²) >= 11 is 0. The highest BCUT2D eigenvalue weighted by atomic mass is 16.4. The van der Waals surface area contributed by atoms with E-state index >= 15 is 0 Å². The summed E-state index contributed by atoms with van der Waals surface area (Å²) < 4.78 is 1.89. The number of nitrogens with zero attached hydrogens (tertiary/aromatic N) is 3. The van der Waals surface area contributed by atoms with Crippen molar-refractivity contribution in [3.63, 3.8) is 0 Å². The number of rotatable bonds is 5. The Kier molecular flexibility index (Phi) is 5.80. The number of aliphatic carboxylic acids is 1. The molecule has 23 heavy (non-hydrogen) atoms. The molecule has 0 aliphatic rings. The second kappa shape index (κ2) is 7.02. The Bertz CT molecular complexity index is 574. The molecule has 0 fully saturated rings. The van der Waals surface area contributed by atoms with Crippen LogP contribution in [0.4, 0.5) is 4.79 Å². The highest BCUT2D eigenvalue weighted by Gasteiger charge is 2.22. The van der Waals surface area contributed by atoms with E-state index in [-0.39, 0.29) is 24.2 Å². The first-order chi connectivity index (χ1) is 10.4. The molecule has 2 N–H and O–H groups in total. The van der Waals surface area contributed by atoms with Crippen molar-refractivity contribution in [2.75, 3.05) is 13.6 Å². The maximum Gasteiger partial charge on any atom is 0.317 e. The van der Waals surface area contributed by atoms with Crippen LogP contribution in [0.1, 0.15) is 51.9 Å². The van der Waals surface area contributed by atoms with Crippen LogP contribution in [0.25, 0.3) is 0 Å². The van der Waals surface area contributed by atoms with Crippen molar-refractivity contribution in [3.8, 4) is 0 Å². The second-order valence-corrected chi connectivity index (χ2v) is 7.08. The Balaban J connectivity index is 2.76. The van der Waals surface area contributed by atoms with E-state index in [1.165, 1.54) is 4.90 Å². The van der Waals surface area contributed by atoms with Crippen molar-refractivity contribution < 1.29 is 14.7 Å². The number of carboxylic acids is 1. The van der Waals surface area contributed by atoms with E-state index in [1.54, 1.807) is 14.0 Å². The number of carbonyl (C=O) groups excluding carboxylic acids is 1. The molecule has 7 nitrogen and oxygen atoms in total. The molecule has 0 radical (unpaired) electrons. The Morgan fingerprint density at radius 1 is 1.39 bits per heavy atom. The second-order valence-electron chi connectivity index (χ2n) is 7.08. The van der Waals surface area contributed by atoms with Crippen LogP contribution >= 0.6 is 0 Å². The van der Waals surface area contributed by atoms with Crippen molar-refractivity contribution in [2.45, 2.75) is 53.1 Å². The first-order valence-electron chi connectivity index (χ1n) is 7.74. The van der Waals surface area contributed by atoms with Gasteiger partial charge in [0.25, 0.3) is 0 Å². The largest absolute Gasteiger partial charge is 0.481 e. The van der Waals surface area contributed by atoms with E-state index < -0.39 is 11.9 Å². The predicted molar refractivity (Wildman–Crippen MR) is 88.3 cm³/mol. The van der Waals surface area contributed by atoms with Crippen LogP contribution in [0.3, 0.4) is 0 Å². The molecular weight excluding hydrogens is 296 g/mol. The highest BCUT2D eigenvalue weighted by Crippen LogP contribution is 2.21.